The number of hydrogen-bond acceptors (Lipinski definition) is 1. The Morgan fingerprint density at radius 1 is 0.652 bits per heavy atom. The standard InChI is InChI=1S/C43H33N.C2H6/c1-3-12-30(13-4-1)32-20-23-35(24-21-32)44(36-25-22-33(28-36)31-14-5-2-6-15-31)42-37-17-8-7-16-34(37)29-40-41(42)38-18-11-19-39(38)43(40)26-9-10-27-43;1-2/h1-8,11-18,20-25,29H,9-10,19,26-27H2;1-2H3. The van der Waals surface area contributed by atoms with Gasteiger partial charge in [0.2, 0.25) is 0 Å². The van der Waals surface area contributed by atoms with Gasteiger partial charge in [-0.1, -0.05) is 142 Å². The molecule has 0 bridgehead atoms. The van der Waals surface area contributed by atoms with Crippen molar-refractivity contribution in [1.82, 2.24) is 0 Å². The summed E-state index contributed by atoms with van der Waals surface area (Å²) in [6, 6.07) is 42.0. The van der Waals surface area contributed by atoms with Crippen molar-refractivity contribution in [3.8, 4) is 11.1 Å². The van der Waals surface area contributed by atoms with Crippen LogP contribution in [0, 0.1) is 0 Å². The molecule has 1 fully saturated rings. The van der Waals surface area contributed by atoms with E-state index in [4.69, 9.17) is 0 Å². The van der Waals surface area contributed by atoms with Crippen molar-refractivity contribution in [2.24, 2.45) is 0 Å². The van der Waals surface area contributed by atoms with E-state index in [1.54, 1.807) is 11.1 Å². The molecule has 0 unspecified atom stereocenters. The van der Waals surface area contributed by atoms with Crippen molar-refractivity contribution in [1.29, 1.82) is 0 Å². The van der Waals surface area contributed by atoms with Gasteiger partial charge in [-0.3, -0.25) is 0 Å². The number of hydrogen-bond donors (Lipinski definition) is 0. The van der Waals surface area contributed by atoms with Crippen LogP contribution in [0.4, 0.5) is 11.4 Å². The first-order valence-corrected chi connectivity index (χ1v) is 17.0. The third-order valence-corrected chi connectivity index (χ3v) is 10.2. The van der Waals surface area contributed by atoms with Gasteiger partial charge in [0.05, 0.1) is 11.4 Å². The molecule has 4 aliphatic rings. The van der Waals surface area contributed by atoms with E-state index < -0.39 is 0 Å². The van der Waals surface area contributed by atoms with Crippen LogP contribution in [0.25, 0.3) is 33.0 Å². The summed E-state index contributed by atoms with van der Waals surface area (Å²) in [5.41, 5.74) is 18.4. The molecule has 0 heterocycles. The first kappa shape index (κ1) is 28.4. The second-order valence-corrected chi connectivity index (χ2v) is 12.5. The van der Waals surface area contributed by atoms with Gasteiger partial charge in [-0.15, -0.1) is 0 Å². The number of fused-ring (bicyclic) bond motifs is 5. The maximum atomic E-state index is 3.84. The van der Waals surface area contributed by atoms with Gasteiger partial charge in [-0.2, -0.15) is 0 Å². The third kappa shape index (κ3) is 4.46. The maximum Gasteiger partial charge on any atom is 0.0897 e. The zero-order valence-electron chi connectivity index (χ0n) is 26.8. The molecule has 4 aliphatic carbocycles. The Labute approximate surface area is 273 Å². The highest BCUT2D eigenvalue weighted by molar-refractivity contribution is 6.08. The quantitative estimate of drug-likeness (QED) is 0.183. The molecule has 0 saturated heterocycles. The molecule has 0 radical (unpaired) electrons. The minimum atomic E-state index is 0.167. The van der Waals surface area contributed by atoms with Crippen molar-refractivity contribution in [3.05, 3.63) is 173 Å². The monoisotopic (exact) mass is 593 g/mol. The molecule has 1 saturated carbocycles. The Morgan fingerprint density at radius 3 is 2.04 bits per heavy atom. The highest BCUT2D eigenvalue weighted by atomic mass is 15.2. The van der Waals surface area contributed by atoms with E-state index in [1.165, 1.54) is 70.0 Å². The van der Waals surface area contributed by atoms with Crippen LogP contribution in [-0.4, -0.2) is 0 Å². The summed E-state index contributed by atoms with van der Waals surface area (Å²) < 4.78 is 0. The summed E-state index contributed by atoms with van der Waals surface area (Å²) >= 11 is 0. The lowest BCUT2D eigenvalue weighted by Crippen LogP contribution is -2.23. The van der Waals surface area contributed by atoms with E-state index in [0.29, 0.717) is 0 Å². The first-order valence-electron chi connectivity index (χ1n) is 17.0. The van der Waals surface area contributed by atoms with Crippen LogP contribution in [-0.2, 0) is 5.41 Å². The van der Waals surface area contributed by atoms with Gasteiger partial charge < -0.3 is 4.90 Å². The van der Waals surface area contributed by atoms with Gasteiger partial charge in [-0.05, 0) is 88.4 Å². The van der Waals surface area contributed by atoms with E-state index in [-0.39, 0.29) is 5.41 Å². The summed E-state index contributed by atoms with van der Waals surface area (Å²) in [6.45, 7) is 4.00. The highest BCUT2D eigenvalue weighted by Gasteiger charge is 2.48. The van der Waals surface area contributed by atoms with Crippen LogP contribution in [0.3, 0.4) is 0 Å². The van der Waals surface area contributed by atoms with E-state index >= 15 is 0 Å². The van der Waals surface area contributed by atoms with Gasteiger partial charge in [0.25, 0.3) is 0 Å². The molecule has 0 N–H and O–H groups in total. The number of rotatable bonds is 5. The highest BCUT2D eigenvalue weighted by Crippen LogP contribution is 2.62. The molecule has 46 heavy (non-hydrogen) atoms. The Kier molecular flexibility index (Phi) is 7.21. The average molecular weight is 594 g/mol. The molecule has 0 aromatic heterocycles. The van der Waals surface area contributed by atoms with Gasteiger partial charge in [0.1, 0.15) is 0 Å². The largest absolute Gasteiger partial charge is 0.302 e. The zero-order chi connectivity index (χ0) is 31.1. The van der Waals surface area contributed by atoms with Crippen molar-refractivity contribution in [3.63, 3.8) is 0 Å². The molecule has 1 spiro atoms. The van der Waals surface area contributed by atoms with Gasteiger partial charge in [0, 0.05) is 27.6 Å². The third-order valence-electron chi connectivity index (χ3n) is 10.2. The second-order valence-electron chi connectivity index (χ2n) is 12.5. The van der Waals surface area contributed by atoms with Crippen LogP contribution in [0.2, 0.25) is 0 Å². The number of anilines is 2. The lowest BCUT2D eigenvalue weighted by molar-refractivity contribution is 0.526. The van der Waals surface area contributed by atoms with Crippen LogP contribution < -0.4 is 4.90 Å². The Morgan fingerprint density at radius 2 is 1.30 bits per heavy atom. The van der Waals surface area contributed by atoms with Crippen LogP contribution in [0.5, 0.6) is 0 Å². The zero-order valence-corrected chi connectivity index (χ0v) is 26.8. The van der Waals surface area contributed by atoms with Crippen molar-refractivity contribution in [2.75, 3.05) is 4.90 Å². The lowest BCUT2D eigenvalue weighted by atomic mass is 9.74. The van der Waals surface area contributed by atoms with E-state index in [2.05, 4.69) is 150 Å². The lowest BCUT2D eigenvalue weighted by Gasteiger charge is -2.32. The fraction of sp³-hybridized carbons (Fsp3) is 0.178. The number of nitrogens with zero attached hydrogens (tertiary/aromatic N) is 1. The topological polar surface area (TPSA) is 3.24 Å². The van der Waals surface area contributed by atoms with E-state index in [9.17, 15) is 0 Å². The molecule has 0 atom stereocenters. The minimum absolute atomic E-state index is 0.167. The molecule has 224 valence electrons. The average Bonchev–Trinajstić information content (AvgIpc) is 3.95. The maximum absolute atomic E-state index is 3.84. The van der Waals surface area contributed by atoms with Gasteiger partial charge in [-0.25, -0.2) is 0 Å². The molecule has 5 aromatic rings. The molecule has 5 aromatic carbocycles. The van der Waals surface area contributed by atoms with Crippen molar-refractivity contribution < 1.29 is 0 Å². The summed E-state index contributed by atoms with van der Waals surface area (Å²) in [5, 5.41) is 2.61. The molecule has 1 heteroatoms. The summed E-state index contributed by atoms with van der Waals surface area (Å²) in [6.07, 6.45) is 15.5. The van der Waals surface area contributed by atoms with E-state index in [1.807, 2.05) is 13.8 Å². The first-order chi connectivity index (χ1) is 22.8. The van der Waals surface area contributed by atoms with Crippen molar-refractivity contribution in [2.45, 2.75) is 51.4 Å². The second kappa shape index (κ2) is 11.7. The Hall–Kier alpha value is -5.10. The Balaban J connectivity index is 0.00000153. The predicted molar refractivity (Wildman–Crippen MR) is 196 cm³/mol. The molecular weight excluding hydrogens is 555 g/mol. The molecule has 0 aliphatic heterocycles. The van der Waals surface area contributed by atoms with E-state index in [0.717, 1.165) is 23.4 Å². The fourth-order valence-corrected chi connectivity index (χ4v) is 8.24. The normalized spacial score (nSPS) is 16.7. The SMILES string of the molecule is C1=C(c2ccccc2)C=CC=1N(c1ccc(-c2ccccc2)cc1)c1c2c(cc3ccccc13)C1(CCCC1)C1=C2C=CC1.CC. The van der Waals surface area contributed by atoms with Crippen molar-refractivity contribution >= 4 is 33.3 Å². The molecule has 0 amide bonds. The Bertz CT molecular complexity index is 2090. The van der Waals surface area contributed by atoms with Gasteiger partial charge >= 0.3 is 0 Å². The van der Waals surface area contributed by atoms with Crippen LogP contribution >= 0.6 is 0 Å². The van der Waals surface area contributed by atoms with Gasteiger partial charge in [0.15, 0.2) is 0 Å². The minimum Gasteiger partial charge on any atom is -0.302 e. The number of allylic oxidation sites excluding steroid dienone is 6. The molecular formula is C45H39N. The predicted octanol–water partition coefficient (Wildman–Crippen LogP) is 12.3. The summed E-state index contributed by atoms with van der Waals surface area (Å²) in [5.74, 6) is 0. The molecule has 9 rings (SSSR count). The molecule has 1 nitrogen and oxygen atoms in total. The summed E-state index contributed by atoms with van der Waals surface area (Å²) in [7, 11) is 0. The summed E-state index contributed by atoms with van der Waals surface area (Å²) in [4.78, 5) is 2.49. The number of benzene rings is 5. The van der Waals surface area contributed by atoms with Crippen LogP contribution in [0.1, 0.15) is 62.6 Å². The van der Waals surface area contributed by atoms with Crippen LogP contribution in [0.15, 0.2) is 157 Å². The fourth-order valence-electron chi connectivity index (χ4n) is 8.24. The smallest absolute Gasteiger partial charge is 0.0897 e.